The van der Waals surface area contributed by atoms with Crippen LogP contribution >= 0.6 is 0 Å². The van der Waals surface area contributed by atoms with Gasteiger partial charge in [0.1, 0.15) is 6.07 Å². The van der Waals surface area contributed by atoms with Crippen LogP contribution in [-0.2, 0) is 0 Å². The summed E-state index contributed by atoms with van der Waals surface area (Å²) in [6, 6.07) is 5.09. The third kappa shape index (κ3) is 1.02. The Labute approximate surface area is 74.0 Å². The minimum atomic E-state index is -0.0970. The number of aromatic nitrogens is 1. The van der Waals surface area contributed by atoms with Crippen LogP contribution in [0.4, 0.5) is 0 Å². The van der Waals surface area contributed by atoms with Crippen LogP contribution in [0.3, 0.4) is 0 Å². The fourth-order valence-corrected chi connectivity index (χ4v) is 1.26. The van der Waals surface area contributed by atoms with Gasteiger partial charge >= 0.3 is 0 Å². The van der Waals surface area contributed by atoms with Crippen molar-refractivity contribution in [2.75, 3.05) is 0 Å². The van der Waals surface area contributed by atoms with Gasteiger partial charge in [-0.05, 0) is 6.07 Å². The average molecular weight is 174 g/mol. The summed E-state index contributed by atoms with van der Waals surface area (Å²) in [6.45, 7) is 1.46. The lowest BCUT2D eigenvalue weighted by Gasteiger charge is -1.92. The maximum absolute atomic E-state index is 11.1. The highest BCUT2D eigenvalue weighted by atomic mass is 16.3. The molecule has 0 amide bonds. The van der Waals surface area contributed by atoms with Crippen LogP contribution in [0.15, 0.2) is 22.7 Å². The van der Waals surface area contributed by atoms with Gasteiger partial charge in [0.2, 0.25) is 11.7 Å². The van der Waals surface area contributed by atoms with Crippen LogP contribution in [0.2, 0.25) is 0 Å². The second-order valence-electron chi connectivity index (χ2n) is 2.68. The minimum Gasteiger partial charge on any atom is -0.444 e. The average Bonchev–Trinajstić information content (AvgIpc) is 2.59. The molecule has 0 aliphatic carbocycles. The van der Waals surface area contributed by atoms with Gasteiger partial charge in [0.25, 0.3) is 0 Å². The maximum Gasteiger partial charge on any atom is 0.228 e. The molecule has 0 unspecified atom stereocenters. The standard InChI is InChI=1S/C9H6N2O2/c1-6(12)11-3-2-9-8(11)4-7(5-10)13-9/h2-4H,1H3. The Morgan fingerprint density at radius 3 is 3.08 bits per heavy atom. The Kier molecular flexibility index (Phi) is 1.46. The van der Waals surface area contributed by atoms with Crippen molar-refractivity contribution in [3.63, 3.8) is 0 Å². The van der Waals surface area contributed by atoms with Gasteiger partial charge in [-0.3, -0.25) is 9.36 Å². The molecule has 0 bridgehead atoms. The van der Waals surface area contributed by atoms with E-state index < -0.39 is 0 Å². The molecule has 0 aromatic carbocycles. The number of hydrogen-bond donors (Lipinski definition) is 0. The zero-order valence-electron chi connectivity index (χ0n) is 6.94. The monoisotopic (exact) mass is 174 g/mol. The molecule has 4 heteroatoms. The second kappa shape index (κ2) is 2.49. The van der Waals surface area contributed by atoms with Crippen molar-refractivity contribution in [3.05, 3.63) is 24.1 Å². The lowest BCUT2D eigenvalue weighted by atomic mass is 10.4. The van der Waals surface area contributed by atoms with Crippen molar-refractivity contribution in [1.82, 2.24) is 4.57 Å². The lowest BCUT2D eigenvalue weighted by Crippen LogP contribution is -2.01. The molecule has 0 atom stereocenters. The normalized spacial score (nSPS) is 10.2. The van der Waals surface area contributed by atoms with E-state index in [1.807, 2.05) is 6.07 Å². The Balaban J connectivity index is 2.74. The molecule has 0 N–H and O–H groups in total. The van der Waals surface area contributed by atoms with E-state index in [0.717, 1.165) is 0 Å². The number of rotatable bonds is 0. The first kappa shape index (κ1) is 7.62. The van der Waals surface area contributed by atoms with E-state index in [4.69, 9.17) is 9.68 Å². The molecule has 2 aromatic rings. The summed E-state index contributed by atoms with van der Waals surface area (Å²) in [6.07, 6.45) is 1.62. The zero-order valence-corrected chi connectivity index (χ0v) is 6.94. The molecule has 0 fully saturated rings. The van der Waals surface area contributed by atoms with Crippen molar-refractivity contribution in [3.8, 4) is 6.07 Å². The fraction of sp³-hybridized carbons (Fsp3) is 0.111. The van der Waals surface area contributed by atoms with Crippen LogP contribution in [0.25, 0.3) is 11.1 Å². The number of nitriles is 1. The van der Waals surface area contributed by atoms with Gasteiger partial charge in [-0.1, -0.05) is 0 Å². The molecule has 13 heavy (non-hydrogen) atoms. The fourth-order valence-electron chi connectivity index (χ4n) is 1.26. The number of hydrogen-bond acceptors (Lipinski definition) is 3. The Bertz CT molecular complexity index is 513. The molecule has 0 aliphatic heterocycles. The molecule has 2 heterocycles. The van der Waals surface area contributed by atoms with Crippen LogP contribution in [0, 0.1) is 11.3 Å². The van der Waals surface area contributed by atoms with Crippen LogP contribution in [0.5, 0.6) is 0 Å². The third-order valence-corrected chi connectivity index (χ3v) is 1.82. The second-order valence-corrected chi connectivity index (χ2v) is 2.68. The Hall–Kier alpha value is -2.02. The summed E-state index contributed by atoms with van der Waals surface area (Å²) in [5.74, 6) is 0.126. The van der Waals surface area contributed by atoms with Gasteiger partial charge in [0.15, 0.2) is 5.58 Å². The van der Waals surface area contributed by atoms with Gasteiger partial charge in [0, 0.05) is 19.2 Å². The highest BCUT2D eigenvalue weighted by Gasteiger charge is 2.09. The molecule has 2 rings (SSSR count). The van der Waals surface area contributed by atoms with E-state index in [1.165, 1.54) is 11.5 Å². The quantitative estimate of drug-likeness (QED) is 0.611. The van der Waals surface area contributed by atoms with Crippen LogP contribution in [-0.4, -0.2) is 10.5 Å². The third-order valence-electron chi connectivity index (χ3n) is 1.82. The number of furan rings is 1. The number of carbonyl (C=O) groups is 1. The Morgan fingerprint density at radius 2 is 2.46 bits per heavy atom. The summed E-state index contributed by atoms with van der Waals surface area (Å²) >= 11 is 0. The van der Waals surface area contributed by atoms with Gasteiger partial charge in [-0.15, -0.1) is 0 Å². The topological polar surface area (TPSA) is 58.9 Å². The summed E-state index contributed by atoms with van der Waals surface area (Å²) in [5, 5.41) is 8.55. The van der Waals surface area contributed by atoms with Crippen molar-refractivity contribution in [1.29, 1.82) is 5.26 Å². The van der Waals surface area contributed by atoms with E-state index in [-0.39, 0.29) is 11.7 Å². The molecule has 0 radical (unpaired) electrons. The van der Waals surface area contributed by atoms with Gasteiger partial charge in [-0.25, -0.2) is 0 Å². The van der Waals surface area contributed by atoms with E-state index in [1.54, 1.807) is 18.3 Å². The predicted molar refractivity (Wildman–Crippen MR) is 45.2 cm³/mol. The largest absolute Gasteiger partial charge is 0.444 e. The minimum absolute atomic E-state index is 0.0970. The predicted octanol–water partition coefficient (Wildman–Crippen LogP) is 1.77. The summed E-state index contributed by atoms with van der Waals surface area (Å²) in [4.78, 5) is 11.1. The molecule has 0 aliphatic rings. The van der Waals surface area contributed by atoms with Crippen molar-refractivity contribution >= 4 is 17.0 Å². The molecule has 4 nitrogen and oxygen atoms in total. The van der Waals surface area contributed by atoms with Crippen molar-refractivity contribution in [2.24, 2.45) is 0 Å². The number of nitrogens with zero attached hydrogens (tertiary/aromatic N) is 2. The van der Waals surface area contributed by atoms with E-state index in [2.05, 4.69) is 0 Å². The Morgan fingerprint density at radius 1 is 1.69 bits per heavy atom. The molecule has 0 saturated carbocycles. The number of carbonyl (C=O) groups excluding carboxylic acids is 1. The maximum atomic E-state index is 11.1. The summed E-state index contributed by atoms with van der Waals surface area (Å²) in [7, 11) is 0. The van der Waals surface area contributed by atoms with Crippen molar-refractivity contribution in [2.45, 2.75) is 6.92 Å². The SMILES string of the molecule is CC(=O)n1ccc2oc(C#N)cc21. The van der Waals surface area contributed by atoms with Crippen molar-refractivity contribution < 1.29 is 9.21 Å². The summed E-state index contributed by atoms with van der Waals surface area (Å²) in [5.41, 5.74) is 1.20. The molecule has 0 spiro atoms. The van der Waals surface area contributed by atoms with Crippen LogP contribution in [0.1, 0.15) is 17.5 Å². The van der Waals surface area contributed by atoms with Gasteiger partial charge in [0.05, 0.1) is 5.52 Å². The first-order valence-corrected chi connectivity index (χ1v) is 3.74. The van der Waals surface area contributed by atoms with Crippen LogP contribution < -0.4 is 0 Å². The molecule has 0 saturated heterocycles. The first-order valence-electron chi connectivity index (χ1n) is 3.74. The molecule has 2 aromatic heterocycles. The highest BCUT2D eigenvalue weighted by molar-refractivity contribution is 5.89. The van der Waals surface area contributed by atoms with E-state index >= 15 is 0 Å². The summed E-state index contributed by atoms with van der Waals surface area (Å²) < 4.78 is 6.56. The smallest absolute Gasteiger partial charge is 0.228 e. The zero-order chi connectivity index (χ0) is 9.42. The first-order chi connectivity index (χ1) is 6.22. The lowest BCUT2D eigenvalue weighted by molar-refractivity contribution is 0.0941. The van der Waals surface area contributed by atoms with E-state index in [0.29, 0.717) is 11.1 Å². The van der Waals surface area contributed by atoms with E-state index in [9.17, 15) is 4.79 Å². The molecule has 64 valence electrons. The van der Waals surface area contributed by atoms with Gasteiger partial charge < -0.3 is 4.42 Å². The molecular weight excluding hydrogens is 168 g/mol. The van der Waals surface area contributed by atoms with Gasteiger partial charge in [-0.2, -0.15) is 5.26 Å². The highest BCUT2D eigenvalue weighted by Crippen LogP contribution is 2.19. The molecular formula is C9H6N2O2. The number of fused-ring (bicyclic) bond motifs is 1.